The number of nitrogens with one attached hydrogen (secondary N) is 1. The fourth-order valence-electron chi connectivity index (χ4n) is 4.47. The van der Waals surface area contributed by atoms with Crippen LogP contribution in [0.15, 0.2) is 11.8 Å². The molecule has 0 aromatic rings. The Balaban J connectivity index is 1.87. The van der Waals surface area contributed by atoms with Gasteiger partial charge in [0.2, 0.25) is 0 Å². The maximum Gasteiger partial charge on any atom is 0.111 e. The molecule has 3 heteroatoms. The van der Waals surface area contributed by atoms with E-state index in [0.29, 0.717) is 11.6 Å². The van der Waals surface area contributed by atoms with Gasteiger partial charge >= 0.3 is 0 Å². The van der Waals surface area contributed by atoms with Crippen molar-refractivity contribution in [1.82, 2.24) is 10.2 Å². The van der Waals surface area contributed by atoms with Gasteiger partial charge in [-0.25, -0.2) is 0 Å². The van der Waals surface area contributed by atoms with E-state index in [9.17, 15) is 0 Å². The lowest BCUT2D eigenvalue weighted by Crippen LogP contribution is -2.60. The zero-order chi connectivity index (χ0) is 13.8. The van der Waals surface area contributed by atoms with Crippen molar-refractivity contribution in [2.24, 2.45) is 0 Å². The third-order valence-electron chi connectivity index (χ3n) is 5.40. The van der Waals surface area contributed by atoms with E-state index in [1.807, 2.05) is 0 Å². The van der Waals surface area contributed by atoms with Crippen LogP contribution in [0.3, 0.4) is 0 Å². The van der Waals surface area contributed by atoms with Crippen molar-refractivity contribution in [3.05, 3.63) is 11.8 Å². The van der Waals surface area contributed by atoms with Crippen molar-refractivity contribution < 1.29 is 4.74 Å². The van der Waals surface area contributed by atoms with E-state index >= 15 is 0 Å². The normalized spacial score (nSPS) is 28.1. The molecule has 3 nitrogen and oxygen atoms in total. The molecule has 1 aliphatic carbocycles. The molecule has 1 atom stereocenters. The molecule has 0 radical (unpaired) electrons. The number of allylic oxidation sites excluding steroid dienone is 1. The van der Waals surface area contributed by atoms with Crippen molar-refractivity contribution in [2.75, 3.05) is 26.2 Å². The van der Waals surface area contributed by atoms with E-state index in [1.54, 1.807) is 0 Å². The molecule has 0 aromatic carbocycles. The number of ether oxygens (including phenoxy) is 1. The molecular formula is C17H30N2O. The summed E-state index contributed by atoms with van der Waals surface area (Å²) in [5.74, 6) is 1.24. The monoisotopic (exact) mass is 278 g/mol. The predicted octanol–water partition coefficient (Wildman–Crippen LogP) is 3.07. The average Bonchev–Trinajstić information content (AvgIpc) is 3.17. The molecule has 20 heavy (non-hydrogen) atoms. The van der Waals surface area contributed by atoms with Crippen LogP contribution < -0.4 is 5.32 Å². The highest BCUT2D eigenvalue weighted by Crippen LogP contribution is 2.42. The molecular weight excluding hydrogens is 248 g/mol. The number of likely N-dealkylation sites (tertiary alicyclic amines) is 1. The summed E-state index contributed by atoms with van der Waals surface area (Å²) in [7, 11) is 0. The maximum absolute atomic E-state index is 6.06. The second-order valence-corrected chi connectivity index (χ2v) is 6.59. The van der Waals surface area contributed by atoms with E-state index < -0.39 is 0 Å². The molecule has 1 saturated heterocycles. The summed E-state index contributed by atoms with van der Waals surface area (Å²) in [6.45, 7) is 6.73. The highest BCUT2D eigenvalue weighted by Gasteiger charge is 2.48. The van der Waals surface area contributed by atoms with E-state index in [-0.39, 0.29) is 0 Å². The molecule has 114 valence electrons. The second kappa shape index (κ2) is 6.48. The summed E-state index contributed by atoms with van der Waals surface area (Å²) in [6, 6.07) is 0.411. The molecule has 3 aliphatic rings. The lowest BCUT2D eigenvalue weighted by Gasteiger charge is -2.46. The van der Waals surface area contributed by atoms with Gasteiger partial charge in [0, 0.05) is 5.54 Å². The van der Waals surface area contributed by atoms with Crippen molar-refractivity contribution in [3.8, 4) is 0 Å². The van der Waals surface area contributed by atoms with Gasteiger partial charge in [0.1, 0.15) is 5.76 Å². The number of likely N-dealkylation sites (N-methyl/N-ethyl adjacent to an activating group) is 1. The standard InChI is InChI=1S/C17H30N2O/c1-2-18-16(15-9-3-8-14-20-15)17(10-4-5-11-17)19-12-6-7-13-19/h9,16,18H,2-8,10-14H2,1H3. The van der Waals surface area contributed by atoms with Crippen molar-refractivity contribution in [2.45, 2.75) is 69.9 Å². The SMILES string of the molecule is CCNC(C1=CCCCO1)C1(N2CCCC2)CCCC1. The van der Waals surface area contributed by atoms with Gasteiger partial charge in [-0.2, -0.15) is 0 Å². The van der Waals surface area contributed by atoms with Crippen LogP contribution in [0.4, 0.5) is 0 Å². The summed E-state index contributed by atoms with van der Waals surface area (Å²) in [6.07, 6.45) is 12.9. The number of hydrogen-bond acceptors (Lipinski definition) is 3. The molecule has 3 rings (SSSR count). The number of hydrogen-bond donors (Lipinski definition) is 1. The topological polar surface area (TPSA) is 24.5 Å². The van der Waals surface area contributed by atoms with E-state index in [0.717, 1.165) is 13.2 Å². The average molecular weight is 278 g/mol. The van der Waals surface area contributed by atoms with E-state index in [2.05, 4.69) is 23.2 Å². The molecule has 0 spiro atoms. The van der Waals surface area contributed by atoms with Crippen LogP contribution in [0.25, 0.3) is 0 Å². The Morgan fingerprint density at radius 2 is 1.95 bits per heavy atom. The van der Waals surface area contributed by atoms with Gasteiger partial charge < -0.3 is 10.1 Å². The van der Waals surface area contributed by atoms with Crippen LogP contribution in [0.2, 0.25) is 0 Å². The lowest BCUT2D eigenvalue weighted by atomic mass is 9.84. The zero-order valence-electron chi connectivity index (χ0n) is 13.0. The minimum atomic E-state index is 0.329. The van der Waals surface area contributed by atoms with E-state index in [1.165, 1.54) is 70.2 Å². The summed E-state index contributed by atoms with van der Waals surface area (Å²) in [5.41, 5.74) is 0.329. The van der Waals surface area contributed by atoms with Crippen LogP contribution in [0, 0.1) is 0 Å². The van der Waals surface area contributed by atoms with Gasteiger partial charge in [-0.15, -0.1) is 0 Å². The van der Waals surface area contributed by atoms with Crippen LogP contribution in [-0.2, 0) is 4.74 Å². The van der Waals surface area contributed by atoms with Crippen LogP contribution in [-0.4, -0.2) is 42.7 Å². The minimum absolute atomic E-state index is 0.329. The Labute approximate surface area is 123 Å². The predicted molar refractivity (Wildman–Crippen MR) is 82.7 cm³/mol. The molecule has 2 heterocycles. The van der Waals surface area contributed by atoms with Gasteiger partial charge in [-0.3, -0.25) is 4.90 Å². The Bertz CT molecular complexity index is 341. The summed E-state index contributed by atoms with van der Waals surface area (Å²) >= 11 is 0. The van der Waals surface area contributed by atoms with Gasteiger partial charge in [-0.05, 0) is 64.2 Å². The molecule has 0 bridgehead atoms. The number of rotatable bonds is 5. The van der Waals surface area contributed by atoms with Crippen LogP contribution in [0.1, 0.15) is 58.3 Å². The lowest BCUT2D eigenvalue weighted by molar-refractivity contribution is 0.0536. The molecule has 0 aromatic heterocycles. The van der Waals surface area contributed by atoms with Gasteiger partial charge in [0.25, 0.3) is 0 Å². The van der Waals surface area contributed by atoms with E-state index in [4.69, 9.17) is 4.74 Å². The highest BCUT2D eigenvalue weighted by atomic mass is 16.5. The van der Waals surface area contributed by atoms with Gasteiger partial charge in [0.05, 0.1) is 12.6 Å². The Hall–Kier alpha value is -0.540. The van der Waals surface area contributed by atoms with Crippen LogP contribution in [0.5, 0.6) is 0 Å². The Morgan fingerprint density at radius 3 is 2.55 bits per heavy atom. The van der Waals surface area contributed by atoms with Gasteiger partial charge in [0.15, 0.2) is 0 Å². The van der Waals surface area contributed by atoms with Gasteiger partial charge in [-0.1, -0.05) is 19.8 Å². The smallest absolute Gasteiger partial charge is 0.111 e. The minimum Gasteiger partial charge on any atom is -0.497 e. The second-order valence-electron chi connectivity index (χ2n) is 6.59. The zero-order valence-corrected chi connectivity index (χ0v) is 13.0. The molecule has 2 fully saturated rings. The first-order valence-corrected chi connectivity index (χ1v) is 8.68. The first kappa shape index (κ1) is 14.4. The first-order valence-electron chi connectivity index (χ1n) is 8.68. The van der Waals surface area contributed by atoms with Crippen molar-refractivity contribution >= 4 is 0 Å². The fraction of sp³-hybridized carbons (Fsp3) is 0.882. The third-order valence-corrected chi connectivity index (χ3v) is 5.40. The Morgan fingerprint density at radius 1 is 1.20 bits per heavy atom. The maximum atomic E-state index is 6.06. The molecule has 2 aliphatic heterocycles. The molecule has 0 amide bonds. The van der Waals surface area contributed by atoms with Crippen LogP contribution >= 0.6 is 0 Å². The summed E-state index contributed by atoms with van der Waals surface area (Å²) < 4.78 is 6.06. The Kier molecular flexibility index (Phi) is 4.67. The van der Waals surface area contributed by atoms with Crippen molar-refractivity contribution in [3.63, 3.8) is 0 Å². The van der Waals surface area contributed by atoms with Crippen molar-refractivity contribution in [1.29, 1.82) is 0 Å². The number of nitrogens with zero attached hydrogens (tertiary/aromatic N) is 1. The molecule has 1 saturated carbocycles. The fourth-order valence-corrected chi connectivity index (χ4v) is 4.47. The molecule has 1 unspecified atom stereocenters. The summed E-state index contributed by atoms with van der Waals surface area (Å²) in [4.78, 5) is 2.78. The third kappa shape index (κ3) is 2.62. The quantitative estimate of drug-likeness (QED) is 0.836. The highest BCUT2D eigenvalue weighted by molar-refractivity contribution is 5.18. The summed E-state index contributed by atoms with van der Waals surface area (Å²) in [5, 5.41) is 3.78. The molecule has 1 N–H and O–H groups in total. The largest absolute Gasteiger partial charge is 0.497 e. The first-order chi connectivity index (χ1) is 9.87.